The summed E-state index contributed by atoms with van der Waals surface area (Å²) in [6.07, 6.45) is 2.31. The smallest absolute Gasteiger partial charge is 0.307 e. The van der Waals surface area contributed by atoms with Crippen LogP contribution in [-0.4, -0.2) is 35.5 Å². The molecule has 108 valence electrons. The largest absolute Gasteiger partial charge is 0.491 e. The third-order valence-corrected chi connectivity index (χ3v) is 2.96. The Balaban J connectivity index is 2.06. The van der Waals surface area contributed by atoms with Crippen molar-refractivity contribution in [2.75, 3.05) is 19.8 Å². The van der Waals surface area contributed by atoms with Crippen molar-refractivity contribution < 1.29 is 19.4 Å². The minimum atomic E-state index is -0.183. The molecule has 1 N–H and O–H groups in total. The van der Waals surface area contributed by atoms with Gasteiger partial charge in [0.2, 0.25) is 0 Å². The van der Waals surface area contributed by atoms with E-state index in [0.29, 0.717) is 19.6 Å². The van der Waals surface area contributed by atoms with Crippen LogP contribution >= 0.6 is 0 Å². The summed E-state index contributed by atoms with van der Waals surface area (Å²) in [5, 5.41) is 9.78. The second kappa shape index (κ2) is 6.96. The number of carbonyl (C=O) groups excluding carboxylic acids is 1. The highest BCUT2D eigenvalue weighted by Crippen LogP contribution is 2.22. The van der Waals surface area contributed by atoms with E-state index in [1.165, 1.54) is 0 Å². The van der Waals surface area contributed by atoms with Gasteiger partial charge in [0, 0.05) is 23.6 Å². The zero-order valence-corrected chi connectivity index (χ0v) is 11.5. The summed E-state index contributed by atoms with van der Waals surface area (Å²) in [4.78, 5) is 11.4. The van der Waals surface area contributed by atoms with Crippen LogP contribution in [0, 0.1) is 0 Å². The minimum Gasteiger partial charge on any atom is -0.491 e. The van der Waals surface area contributed by atoms with Gasteiger partial charge in [0.25, 0.3) is 0 Å². The molecule has 0 aliphatic heterocycles. The van der Waals surface area contributed by atoms with Crippen molar-refractivity contribution in [1.29, 1.82) is 0 Å². The lowest BCUT2D eigenvalue weighted by atomic mass is 10.2. The molecule has 0 saturated carbocycles. The average molecular weight is 277 g/mol. The van der Waals surface area contributed by atoms with Gasteiger partial charge in [-0.3, -0.25) is 4.79 Å². The number of aliphatic hydroxyl groups is 1. The molecule has 0 unspecified atom stereocenters. The quantitative estimate of drug-likeness (QED) is 0.786. The molecule has 0 radical (unpaired) electrons. The van der Waals surface area contributed by atoms with Gasteiger partial charge in [0.05, 0.1) is 19.6 Å². The van der Waals surface area contributed by atoms with E-state index in [-0.39, 0.29) is 19.2 Å². The molecule has 5 nitrogen and oxygen atoms in total. The maximum absolute atomic E-state index is 11.4. The lowest BCUT2D eigenvalue weighted by molar-refractivity contribution is -0.143. The van der Waals surface area contributed by atoms with Gasteiger partial charge < -0.3 is 19.1 Å². The molecule has 1 aromatic carbocycles. The summed E-state index contributed by atoms with van der Waals surface area (Å²) in [6, 6.07) is 7.71. The molecule has 20 heavy (non-hydrogen) atoms. The molecule has 0 amide bonds. The van der Waals surface area contributed by atoms with Crippen molar-refractivity contribution in [1.82, 2.24) is 4.57 Å². The van der Waals surface area contributed by atoms with E-state index in [9.17, 15) is 4.79 Å². The molecule has 2 rings (SSSR count). The molecule has 5 heteroatoms. The van der Waals surface area contributed by atoms with Crippen molar-refractivity contribution in [2.45, 2.75) is 19.9 Å². The predicted octanol–water partition coefficient (Wildman–Crippen LogP) is 1.97. The van der Waals surface area contributed by atoms with Crippen LogP contribution in [0.5, 0.6) is 5.75 Å². The number of aliphatic hydroxyl groups excluding tert-OH is 1. The number of carbonyl (C=O) groups is 1. The van der Waals surface area contributed by atoms with Crippen LogP contribution in [0.4, 0.5) is 0 Å². The number of fused-ring (bicyclic) bond motifs is 1. The molecular weight excluding hydrogens is 258 g/mol. The zero-order valence-electron chi connectivity index (χ0n) is 11.5. The molecular formula is C15H19NO4. The first kappa shape index (κ1) is 14.4. The second-order valence-corrected chi connectivity index (χ2v) is 4.36. The Kier molecular flexibility index (Phi) is 5.01. The van der Waals surface area contributed by atoms with Crippen LogP contribution in [0.1, 0.15) is 13.3 Å². The van der Waals surface area contributed by atoms with Gasteiger partial charge >= 0.3 is 5.97 Å². The first-order valence-electron chi connectivity index (χ1n) is 6.72. The Morgan fingerprint density at radius 3 is 2.95 bits per heavy atom. The monoisotopic (exact) mass is 277 g/mol. The van der Waals surface area contributed by atoms with E-state index >= 15 is 0 Å². The van der Waals surface area contributed by atoms with Gasteiger partial charge in [-0.05, 0) is 31.2 Å². The molecule has 0 saturated heterocycles. The van der Waals surface area contributed by atoms with Crippen LogP contribution < -0.4 is 4.74 Å². The summed E-state index contributed by atoms with van der Waals surface area (Å²) in [5.74, 6) is 0.548. The summed E-state index contributed by atoms with van der Waals surface area (Å²) in [5.41, 5.74) is 1.05. The van der Waals surface area contributed by atoms with E-state index in [0.717, 1.165) is 16.7 Å². The van der Waals surface area contributed by atoms with Gasteiger partial charge in [-0.25, -0.2) is 0 Å². The highest BCUT2D eigenvalue weighted by atomic mass is 16.5. The third-order valence-electron chi connectivity index (χ3n) is 2.96. The fraction of sp³-hybridized carbons (Fsp3) is 0.400. The maximum atomic E-state index is 11.4. The minimum absolute atomic E-state index is 0.00140. The molecule has 1 aromatic heterocycles. The van der Waals surface area contributed by atoms with Crippen LogP contribution in [0.2, 0.25) is 0 Å². The highest BCUT2D eigenvalue weighted by Gasteiger charge is 2.06. The Morgan fingerprint density at radius 2 is 2.20 bits per heavy atom. The first-order chi connectivity index (χ1) is 9.74. The number of hydrogen-bond donors (Lipinski definition) is 1. The fourth-order valence-electron chi connectivity index (χ4n) is 2.07. The number of rotatable bonds is 7. The van der Waals surface area contributed by atoms with E-state index in [4.69, 9.17) is 14.6 Å². The molecule has 1 heterocycles. The Morgan fingerprint density at radius 1 is 1.35 bits per heavy atom. The van der Waals surface area contributed by atoms with E-state index in [1.54, 1.807) is 6.92 Å². The Hall–Kier alpha value is -2.01. The number of aryl methyl sites for hydroxylation is 1. The molecule has 0 bridgehead atoms. The van der Waals surface area contributed by atoms with Crippen molar-refractivity contribution in [3.63, 3.8) is 0 Å². The van der Waals surface area contributed by atoms with Crippen LogP contribution in [0.15, 0.2) is 30.5 Å². The number of aromatic nitrogens is 1. The summed E-state index contributed by atoms with van der Waals surface area (Å²) >= 11 is 0. The Bertz CT molecular complexity index is 576. The van der Waals surface area contributed by atoms with Crippen molar-refractivity contribution in [3.8, 4) is 5.75 Å². The lowest BCUT2D eigenvalue weighted by Crippen LogP contribution is -2.08. The second-order valence-electron chi connectivity index (χ2n) is 4.36. The van der Waals surface area contributed by atoms with Crippen LogP contribution in [0.25, 0.3) is 10.9 Å². The molecule has 0 atom stereocenters. The van der Waals surface area contributed by atoms with Gasteiger partial charge in [-0.2, -0.15) is 0 Å². The molecule has 0 aliphatic rings. The van der Waals surface area contributed by atoms with Gasteiger partial charge in [0.1, 0.15) is 12.4 Å². The Labute approximate surface area is 117 Å². The maximum Gasteiger partial charge on any atom is 0.307 e. The average Bonchev–Trinajstić information content (AvgIpc) is 2.85. The third kappa shape index (κ3) is 3.51. The van der Waals surface area contributed by atoms with Gasteiger partial charge in [0.15, 0.2) is 0 Å². The first-order valence-corrected chi connectivity index (χ1v) is 6.72. The lowest BCUT2D eigenvalue weighted by Gasteiger charge is -2.07. The van der Waals surface area contributed by atoms with E-state index in [1.807, 2.05) is 35.0 Å². The van der Waals surface area contributed by atoms with Crippen molar-refractivity contribution >= 4 is 16.9 Å². The molecule has 0 aliphatic carbocycles. The summed E-state index contributed by atoms with van der Waals surface area (Å²) in [6.45, 7) is 3.10. The number of hydrogen-bond acceptors (Lipinski definition) is 4. The number of ether oxygens (including phenoxy) is 2. The van der Waals surface area contributed by atoms with Crippen molar-refractivity contribution in [3.05, 3.63) is 30.5 Å². The SMILES string of the molecule is CCOC(=O)CCn1ccc2cc(OCCO)ccc21. The highest BCUT2D eigenvalue weighted by molar-refractivity contribution is 5.82. The van der Waals surface area contributed by atoms with Crippen LogP contribution in [0.3, 0.4) is 0 Å². The van der Waals surface area contributed by atoms with E-state index < -0.39 is 0 Å². The van der Waals surface area contributed by atoms with Gasteiger partial charge in [-0.15, -0.1) is 0 Å². The van der Waals surface area contributed by atoms with Crippen molar-refractivity contribution in [2.24, 2.45) is 0 Å². The van der Waals surface area contributed by atoms with Crippen LogP contribution in [-0.2, 0) is 16.1 Å². The molecule has 0 fully saturated rings. The summed E-state index contributed by atoms with van der Waals surface area (Å²) in [7, 11) is 0. The number of benzene rings is 1. The normalized spacial score (nSPS) is 10.7. The molecule has 2 aromatic rings. The van der Waals surface area contributed by atoms with E-state index in [2.05, 4.69) is 0 Å². The fourth-order valence-corrected chi connectivity index (χ4v) is 2.07. The summed E-state index contributed by atoms with van der Waals surface area (Å²) < 4.78 is 12.3. The zero-order chi connectivity index (χ0) is 14.4. The topological polar surface area (TPSA) is 60.7 Å². The predicted molar refractivity (Wildman–Crippen MR) is 75.8 cm³/mol. The standard InChI is InChI=1S/C15H19NO4/c1-2-19-15(18)6-8-16-7-5-12-11-13(20-10-9-17)3-4-14(12)16/h3-5,7,11,17H,2,6,8-10H2,1H3. The molecule has 0 spiro atoms. The number of esters is 1. The number of nitrogens with zero attached hydrogens (tertiary/aromatic N) is 1. The van der Waals surface area contributed by atoms with Gasteiger partial charge in [-0.1, -0.05) is 0 Å².